The van der Waals surface area contributed by atoms with Gasteiger partial charge in [0.15, 0.2) is 11.5 Å². The minimum Gasteiger partial charge on any atom is -0.496 e. The second kappa shape index (κ2) is 8.80. The highest BCUT2D eigenvalue weighted by Gasteiger charge is 2.19. The van der Waals surface area contributed by atoms with E-state index in [4.69, 9.17) is 22.1 Å². The van der Waals surface area contributed by atoms with E-state index in [1.54, 1.807) is 6.33 Å². The minimum atomic E-state index is -0.719. The van der Waals surface area contributed by atoms with E-state index in [1.807, 2.05) is 13.0 Å². The molecule has 0 aliphatic carbocycles. The van der Waals surface area contributed by atoms with Gasteiger partial charge in [0.25, 0.3) is 0 Å². The number of rotatable bonds is 7. The molecule has 0 radical (unpaired) electrons. The maximum Gasteiger partial charge on any atom is 0.248 e. The third kappa shape index (κ3) is 4.06. The van der Waals surface area contributed by atoms with Crippen LogP contribution in [0.5, 0.6) is 5.75 Å². The van der Waals surface area contributed by atoms with E-state index in [1.165, 1.54) is 25.6 Å². The van der Waals surface area contributed by atoms with Crippen LogP contribution < -0.4 is 15.8 Å². The van der Waals surface area contributed by atoms with Gasteiger partial charge in [0, 0.05) is 22.7 Å². The largest absolute Gasteiger partial charge is 0.496 e. The number of hydrogen-bond acceptors (Lipinski definition) is 6. The van der Waals surface area contributed by atoms with Crippen LogP contribution in [0.3, 0.4) is 0 Å². The Bertz CT molecular complexity index is 1320. The lowest BCUT2D eigenvalue weighted by atomic mass is 9.93. The molecular formula is C22H20ClFN6O2. The van der Waals surface area contributed by atoms with Crippen LogP contribution in [0.1, 0.15) is 21.5 Å². The van der Waals surface area contributed by atoms with E-state index in [9.17, 15) is 9.18 Å². The molecule has 4 aromatic rings. The molecule has 164 valence electrons. The molecule has 8 nitrogen and oxygen atoms in total. The van der Waals surface area contributed by atoms with Gasteiger partial charge in [0.2, 0.25) is 5.91 Å². The van der Waals surface area contributed by atoms with Crippen LogP contribution in [0, 0.1) is 12.7 Å². The number of benzene rings is 2. The number of nitrogens with one attached hydrogen (secondary N) is 2. The number of methoxy groups -OCH3 is 1. The molecule has 0 fully saturated rings. The number of ether oxygens (including phenoxy) is 1. The molecule has 0 aliphatic heterocycles. The van der Waals surface area contributed by atoms with Crippen molar-refractivity contribution in [1.29, 1.82) is 0 Å². The number of carbonyl (C=O) groups excluding carboxylic acids is 1. The van der Waals surface area contributed by atoms with E-state index in [2.05, 4.69) is 25.3 Å². The Morgan fingerprint density at radius 2 is 2.06 bits per heavy atom. The Hall–Kier alpha value is -3.72. The summed E-state index contributed by atoms with van der Waals surface area (Å²) in [5.41, 5.74) is 9.28. The average Bonchev–Trinajstić information content (AvgIpc) is 3.25. The normalized spacial score (nSPS) is 11.0. The summed E-state index contributed by atoms with van der Waals surface area (Å²) in [6.45, 7) is 2.32. The van der Waals surface area contributed by atoms with Crippen molar-refractivity contribution in [2.75, 3.05) is 19.0 Å². The second-order valence-corrected chi connectivity index (χ2v) is 7.55. The van der Waals surface area contributed by atoms with E-state index in [-0.39, 0.29) is 5.56 Å². The summed E-state index contributed by atoms with van der Waals surface area (Å²) < 4.78 is 19.9. The van der Waals surface area contributed by atoms with Crippen molar-refractivity contribution >= 4 is 34.5 Å². The standard InChI is InChI=1S/C22H20ClFN6O2/c1-11-16(23)8-12(3-4-26-21-18-22(28-9-27-18)30-10-29-21)19(32-2)17(11)13-5-14(20(25)31)7-15(24)6-13/h5-10H,3-4H2,1-2H3,(H2,25,31)(H2,26,27,28,29,30). The number of anilines is 1. The lowest BCUT2D eigenvalue weighted by Crippen LogP contribution is -2.11. The summed E-state index contributed by atoms with van der Waals surface area (Å²) in [5.74, 6) is -0.150. The van der Waals surface area contributed by atoms with Crippen molar-refractivity contribution in [3.8, 4) is 16.9 Å². The van der Waals surface area contributed by atoms with Gasteiger partial charge in [-0.3, -0.25) is 4.79 Å². The molecule has 0 spiro atoms. The van der Waals surface area contributed by atoms with Crippen LogP contribution in [0.15, 0.2) is 36.9 Å². The molecule has 0 atom stereocenters. The van der Waals surface area contributed by atoms with Gasteiger partial charge in [-0.2, -0.15) is 0 Å². The van der Waals surface area contributed by atoms with E-state index in [0.29, 0.717) is 57.4 Å². The molecule has 2 aromatic carbocycles. The van der Waals surface area contributed by atoms with Crippen molar-refractivity contribution in [2.45, 2.75) is 13.3 Å². The van der Waals surface area contributed by atoms with Crippen LogP contribution in [0.2, 0.25) is 5.02 Å². The number of halogens is 2. The fourth-order valence-electron chi connectivity index (χ4n) is 3.63. The van der Waals surface area contributed by atoms with Crippen molar-refractivity contribution in [3.05, 3.63) is 64.5 Å². The predicted molar refractivity (Wildman–Crippen MR) is 121 cm³/mol. The minimum absolute atomic E-state index is 0.0661. The Morgan fingerprint density at radius 3 is 2.81 bits per heavy atom. The van der Waals surface area contributed by atoms with E-state index >= 15 is 0 Å². The van der Waals surface area contributed by atoms with Crippen LogP contribution in [0.4, 0.5) is 10.2 Å². The summed E-state index contributed by atoms with van der Waals surface area (Å²) >= 11 is 6.50. The first-order valence-corrected chi connectivity index (χ1v) is 10.1. The molecule has 0 aliphatic rings. The molecule has 0 saturated heterocycles. The number of aromatic amines is 1. The number of carbonyl (C=O) groups is 1. The lowest BCUT2D eigenvalue weighted by Gasteiger charge is -2.19. The van der Waals surface area contributed by atoms with Gasteiger partial charge in [0.05, 0.1) is 13.4 Å². The fraction of sp³-hybridized carbons (Fsp3) is 0.182. The second-order valence-electron chi connectivity index (χ2n) is 7.14. The fourth-order valence-corrected chi connectivity index (χ4v) is 3.86. The van der Waals surface area contributed by atoms with Crippen LogP contribution in [-0.4, -0.2) is 39.5 Å². The van der Waals surface area contributed by atoms with Gasteiger partial charge < -0.3 is 20.8 Å². The zero-order valence-electron chi connectivity index (χ0n) is 17.4. The summed E-state index contributed by atoms with van der Waals surface area (Å²) in [4.78, 5) is 27.2. The van der Waals surface area contributed by atoms with Crippen molar-refractivity contribution in [3.63, 3.8) is 0 Å². The van der Waals surface area contributed by atoms with E-state index < -0.39 is 11.7 Å². The summed E-state index contributed by atoms with van der Waals surface area (Å²) in [5, 5.41) is 3.74. The highest BCUT2D eigenvalue weighted by Crippen LogP contribution is 2.40. The molecule has 0 saturated carbocycles. The average molecular weight is 455 g/mol. The van der Waals surface area contributed by atoms with Crippen LogP contribution >= 0.6 is 11.6 Å². The van der Waals surface area contributed by atoms with Crippen LogP contribution in [0.25, 0.3) is 22.3 Å². The Balaban J connectivity index is 1.69. The van der Waals surface area contributed by atoms with Gasteiger partial charge in [-0.25, -0.2) is 19.3 Å². The molecule has 0 bridgehead atoms. The number of nitrogens with zero attached hydrogens (tertiary/aromatic N) is 3. The van der Waals surface area contributed by atoms with Gasteiger partial charge in [0.1, 0.15) is 23.4 Å². The Labute approximate surface area is 188 Å². The first-order chi connectivity index (χ1) is 15.4. The first kappa shape index (κ1) is 21.5. The maximum absolute atomic E-state index is 14.2. The monoisotopic (exact) mass is 454 g/mol. The molecule has 10 heteroatoms. The molecule has 1 amide bonds. The number of imidazole rings is 1. The van der Waals surface area contributed by atoms with Crippen molar-refractivity contribution in [2.24, 2.45) is 5.73 Å². The van der Waals surface area contributed by atoms with Crippen molar-refractivity contribution in [1.82, 2.24) is 19.9 Å². The maximum atomic E-state index is 14.2. The summed E-state index contributed by atoms with van der Waals surface area (Å²) in [7, 11) is 1.54. The number of aromatic nitrogens is 4. The molecule has 4 N–H and O–H groups in total. The summed E-state index contributed by atoms with van der Waals surface area (Å²) in [6.07, 6.45) is 3.54. The smallest absolute Gasteiger partial charge is 0.248 e. The summed E-state index contributed by atoms with van der Waals surface area (Å²) in [6, 6.07) is 5.77. The third-order valence-electron chi connectivity index (χ3n) is 5.13. The third-order valence-corrected chi connectivity index (χ3v) is 5.52. The predicted octanol–water partition coefficient (Wildman–Crippen LogP) is 3.88. The number of primary amides is 1. The number of nitrogens with two attached hydrogens (primary N) is 1. The highest BCUT2D eigenvalue weighted by atomic mass is 35.5. The molecule has 0 unspecified atom stereocenters. The Kier molecular flexibility index (Phi) is 5.91. The zero-order chi connectivity index (χ0) is 22.8. The van der Waals surface area contributed by atoms with Gasteiger partial charge in [-0.05, 0) is 54.3 Å². The topological polar surface area (TPSA) is 119 Å². The molecule has 2 heterocycles. The van der Waals surface area contributed by atoms with Gasteiger partial charge in [-0.1, -0.05) is 11.6 Å². The Morgan fingerprint density at radius 1 is 1.25 bits per heavy atom. The van der Waals surface area contributed by atoms with Crippen LogP contribution in [-0.2, 0) is 6.42 Å². The molecular weight excluding hydrogens is 435 g/mol. The van der Waals surface area contributed by atoms with Crippen molar-refractivity contribution < 1.29 is 13.9 Å². The number of fused-ring (bicyclic) bond motifs is 1. The SMILES string of the molecule is COc1c(CCNc2ncnc3[nH]cnc23)cc(Cl)c(C)c1-c1cc(F)cc(C(N)=O)c1. The molecule has 32 heavy (non-hydrogen) atoms. The quantitative estimate of drug-likeness (QED) is 0.390. The molecule has 4 rings (SSSR count). The number of amides is 1. The zero-order valence-corrected chi connectivity index (χ0v) is 18.1. The van der Waals surface area contributed by atoms with E-state index in [0.717, 1.165) is 11.6 Å². The first-order valence-electron chi connectivity index (χ1n) is 9.73. The van der Waals surface area contributed by atoms with Gasteiger partial charge >= 0.3 is 0 Å². The number of hydrogen-bond donors (Lipinski definition) is 3. The number of H-pyrrole nitrogens is 1. The molecule has 2 aromatic heterocycles. The lowest BCUT2D eigenvalue weighted by molar-refractivity contribution is 0.1000. The van der Waals surface area contributed by atoms with Gasteiger partial charge in [-0.15, -0.1) is 0 Å². The highest BCUT2D eigenvalue weighted by molar-refractivity contribution is 6.32.